The first kappa shape index (κ1) is 22.9. The van der Waals surface area contributed by atoms with E-state index < -0.39 is 34.0 Å². The van der Waals surface area contributed by atoms with Gasteiger partial charge in [0.25, 0.3) is 10.2 Å². The summed E-state index contributed by atoms with van der Waals surface area (Å²) >= 11 is 7.23. The van der Waals surface area contributed by atoms with Crippen molar-refractivity contribution in [3.63, 3.8) is 0 Å². The van der Waals surface area contributed by atoms with Crippen molar-refractivity contribution in [2.75, 3.05) is 12.4 Å². The van der Waals surface area contributed by atoms with Crippen LogP contribution in [0.1, 0.15) is 23.0 Å². The Balaban J connectivity index is 1.58. The normalized spacial score (nSPS) is 20.9. The molecule has 2 N–H and O–H groups in total. The summed E-state index contributed by atoms with van der Waals surface area (Å²) in [6, 6.07) is 6.04. The Hall–Kier alpha value is -2.31. The number of anilines is 1. The number of hydrogen-bond donors (Lipinski definition) is 2. The molecule has 2 aromatic heterocycles. The molecule has 1 fully saturated rings. The van der Waals surface area contributed by atoms with Crippen LogP contribution in [0.25, 0.3) is 10.4 Å². The molecule has 1 amide bonds. The summed E-state index contributed by atoms with van der Waals surface area (Å²) in [4.78, 5) is 14.7. The number of aryl methyl sites for hydroxylation is 2. The number of likely N-dealkylation sites (N-methyl/N-ethyl adjacent to an activating group) is 1. The quantitative estimate of drug-likeness (QED) is 0.577. The van der Waals surface area contributed by atoms with Gasteiger partial charge in [-0.2, -0.15) is 22.5 Å². The molecule has 1 aliphatic heterocycles. The average molecular weight is 498 g/mol. The lowest BCUT2D eigenvalue weighted by molar-refractivity contribution is -0.120. The van der Waals surface area contributed by atoms with Gasteiger partial charge in [-0.25, -0.2) is 4.39 Å². The van der Waals surface area contributed by atoms with Crippen LogP contribution in [0.2, 0.25) is 5.02 Å². The number of rotatable bonds is 4. The molecule has 2 atom stereocenters. The minimum absolute atomic E-state index is 0.135. The fourth-order valence-electron chi connectivity index (χ4n) is 3.62. The Morgan fingerprint density at radius 1 is 1.31 bits per heavy atom. The van der Waals surface area contributed by atoms with Gasteiger partial charge in [-0.05, 0) is 43.7 Å². The standard InChI is InChI=1S/C20H21ClFN5O3S2/c1-11-13(10-26(2)24-11)18-6-7-19(31-18)16-9-17(27(3)32(29,30)25-16)20(28)23-12-4-5-15(22)14(21)8-12/h4-8,10,16-17,25H,9H2,1-3H3,(H,23,28)/t16-,17+/m1/s1. The maximum Gasteiger partial charge on any atom is 0.280 e. The number of hydrogen-bond acceptors (Lipinski definition) is 5. The van der Waals surface area contributed by atoms with E-state index in [9.17, 15) is 17.6 Å². The van der Waals surface area contributed by atoms with Crippen LogP contribution in [-0.4, -0.2) is 41.5 Å². The second-order valence-corrected chi connectivity index (χ2v) is 10.8. The maximum atomic E-state index is 13.4. The summed E-state index contributed by atoms with van der Waals surface area (Å²) < 4.78 is 44.2. The Morgan fingerprint density at radius 2 is 2.06 bits per heavy atom. The molecule has 170 valence electrons. The van der Waals surface area contributed by atoms with E-state index in [1.165, 1.54) is 30.5 Å². The second-order valence-electron chi connectivity index (χ2n) is 7.57. The molecule has 3 aromatic rings. The molecule has 0 unspecified atom stereocenters. The van der Waals surface area contributed by atoms with E-state index in [2.05, 4.69) is 15.1 Å². The number of benzene rings is 1. The summed E-state index contributed by atoms with van der Waals surface area (Å²) in [5.41, 5.74) is 2.13. The molecule has 0 bridgehead atoms. The lowest BCUT2D eigenvalue weighted by Gasteiger charge is -2.35. The summed E-state index contributed by atoms with van der Waals surface area (Å²) in [6.45, 7) is 1.91. The van der Waals surface area contributed by atoms with E-state index in [-0.39, 0.29) is 17.1 Å². The molecular formula is C20H21ClFN5O3S2. The van der Waals surface area contributed by atoms with Gasteiger partial charge in [0.2, 0.25) is 5.91 Å². The number of thiophene rings is 1. The molecule has 32 heavy (non-hydrogen) atoms. The Kier molecular flexibility index (Phi) is 6.12. The predicted molar refractivity (Wildman–Crippen MR) is 122 cm³/mol. The van der Waals surface area contributed by atoms with Crippen LogP contribution in [0.15, 0.2) is 36.5 Å². The average Bonchev–Trinajstić information content (AvgIpc) is 3.32. The van der Waals surface area contributed by atoms with Crippen LogP contribution >= 0.6 is 22.9 Å². The zero-order valence-corrected chi connectivity index (χ0v) is 19.9. The monoisotopic (exact) mass is 497 g/mol. The van der Waals surface area contributed by atoms with E-state index in [1.54, 1.807) is 4.68 Å². The Labute approximate surface area is 194 Å². The molecule has 0 saturated carbocycles. The van der Waals surface area contributed by atoms with Crippen molar-refractivity contribution in [3.05, 3.63) is 57.9 Å². The third kappa shape index (κ3) is 4.44. The highest BCUT2D eigenvalue weighted by atomic mass is 35.5. The number of carbonyl (C=O) groups excluding carboxylic acids is 1. The minimum atomic E-state index is -3.89. The first-order chi connectivity index (χ1) is 15.0. The highest BCUT2D eigenvalue weighted by Crippen LogP contribution is 2.37. The van der Waals surface area contributed by atoms with Crippen LogP contribution in [0.3, 0.4) is 0 Å². The lowest BCUT2D eigenvalue weighted by Crippen LogP contribution is -2.55. The number of aromatic nitrogens is 2. The first-order valence-electron chi connectivity index (χ1n) is 9.66. The largest absolute Gasteiger partial charge is 0.325 e. The molecule has 8 nitrogen and oxygen atoms in total. The number of carbonyl (C=O) groups is 1. The van der Waals surface area contributed by atoms with Gasteiger partial charge in [0.15, 0.2) is 0 Å². The van der Waals surface area contributed by atoms with Crippen molar-refractivity contribution < 1.29 is 17.6 Å². The summed E-state index contributed by atoms with van der Waals surface area (Å²) in [6.07, 6.45) is 2.14. The van der Waals surface area contributed by atoms with Crippen molar-refractivity contribution in [3.8, 4) is 10.4 Å². The third-order valence-electron chi connectivity index (χ3n) is 5.31. The van der Waals surface area contributed by atoms with E-state index in [4.69, 9.17) is 11.6 Å². The van der Waals surface area contributed by atoms with Crippen molar-refractivity contribution in [2.45, 2.75) is 25.4 Å². The molecule has 0 spiro atoms. The van der Waals surface area contributed by atoms with E-state index >= 15 is 0 Å². The van der Waals surface area contributed by atoms with E-state index in [0.717, 1.165) is 31.4 Å². The number of amides is 1. The third-order valence-corrected chi connectivity index (χ3v) is 8.42. The van der Waals surface area contributed by atoms with Crippen molar-refractivity contribution in [1.82, 2.24) is 18.8 Å². The van der Waals surface area contributed by atoms with Crippen molar-refractivity contribution in [2.24, 2.45) is 7.05 Å². The molecule has 3 heterocycles. The van der Waals surface area contributed by atoms with Crippen LogP contribution in [0.4, 0.5) is 10.1 Å². The lowest BCUT2D eigenvalue weighted by atomic mass is 10.1. The van der Waals surface area contributed by atoms with Gasteiger partial charge in [0, 0.05) is 41.3 Å². The van der Waals surface area contributed by atoms with Gasteiger partial charge >= 0.3 is 0 Å². The van der Waals surface area contributed by atoms with Crippen LogP contribution in [0, 0.1) is 12.7 Å². The number of nitrogens with zero attached hydrogens (tertiary/aromatic N) is 3. The number of nitrogens with one attached hydrogen (secondary N) is 2. The molecular weight excluding hydrogens is 477 g/mol. The van der Waals surface area contributed by atoms with Crippen LogP contribution < -0.4 is 10.0 Å². The fraction of sp³-hybridized carbons (Fsp3) is 0.300. The second kappa shape index (κ2) is 8.56. The zero-order chi connectivity index (χ0) is 23.2. The maximum absolute atomic E-state index is 13.4. The number of halogens is 2. The van der Waals surface area contributed by atoms with E-state index in [0.29, 0.717) is 0 Å². The Bertz CT molecular complexity index is 1290. The molecule has 1 aromatic carbocycles. The SMILES string of the molecule is Cc1nn(C)cc1-c1ccc([C@H]2C[C@@H](C(=O)Nc3ccc(F)c(Cl)c3)N(C)S(=O)(=O)N2)s1. The van der Waals surface area contributed by atoms with Crippen LogP contribution in [0.5, 0.6) is 0 Å². The van der Waals surface area contributed by atoms with Crippen LogP contribution in [-0.2, 0) is 22.1 Å². The Morgan fingerprint density at radius 3 is 2.72 bits per heavy atom. The van der Waals surface area contributed by atoms with Gasteiger partial charge in [-0.15, -0.1) is 11.3 Å². The van der Waals surface area contributed by atoms with Gasteiger partial charge in [0.05, 0.1) is 16.8 Å². The van der Waals surface area contributed by atoms with Gasteiger partial charge in [-0.1, -0.05) is 11.6 Å². The molecule has 0 aliphatic carbocycles. The highest BCUT2D eigenvalue weighted by molar-refractivity contribution is 7.87. The van der Waals surface area contributed by atoms with Crippen molar-refractivity contribution in [1.29, 1.82) is 0 Å². The fourth-order valence-corrected chi connectivity index (χ4v) is 6.28. The topological polar surface area (TPSA) is 96.3 Å². The first-order valence-corrected chi connectivity index (χ1v) is 12.3. The molecule has 1 aliphatic rings. The molecule has 12 heteroatoms. The molecule has 1 saturated heterocycles. The summed E-state index contributed by atoms with van der Waals surface area (Å²) in [7, 11) is -0.705. The predicted octanol–water partition coefficient (Wildman–Crippen LogP) is 3.47. The van der Waals surface area contributed by atoms with Crippen molar-refractivity contribution >= 4 is 44.7 Å². The molecule has 0 radical (unpaired) electrons. The zero-order valence-electron chi connectivity index (χ0n) is 17.5. The smallest absolute Gasteiger partial charge is 0.280 e. The minimum Gasteiger partial charge on any atom is -0.325 e. The molecule has 4 rings (SSSR count). The van der Waals surface area contributed by atoms with E-state index in [1.807, 2.05) is 32.3 Å². The van der Waals surface area contributed by atoms with Gasteiger partial charge in [0.1, 0.15) is 11.9 Å². The summed E-state index contributed by atoms with van der Waals surface area (Å²) in [5.74, 6) is -1.13. The van der Waals surface area contributed by atoms with Gasteiger partial charge < -0.3 is 5.32 Å². The van der Waals surface area contributed by atoms with Gasteiger partial charge in [-0.3, -0.25) is 9.48 Å². The highest BCUT2D eigenvalue weighted by Gasteiger charge is 2.41. The summed E-state index contributed by atoms with van der Waals surface area (Å²) in [5, 5.41) is 6.84.